The van der Waals surface area contributed by atoms with Crippen molar-refractivity contribution in [1.29, 1.82) is 0 Å². The second kappa shape index (κ2) is 7.50. The van der Waals surface area contributed by atoms with Crippen molar-refractivity contribution in [2.75, 3.05) is 20.2 Å². The zero-order valence-corrected chi connectivity index (χ0v) is 13.1. The van der Waals surface area contributed by atoms with Crippen LogP contribution in [0.15, 0.2) is 24.3 Å². The number of rotatable bonds is 7. The second-order valence-corrected chi connectivity index (χ2v) is 5.64. The Hall–Kier alpha value is -1.26. The summed E-state index contributed by atoms with van der Waals surface area (Å²) in [6.07, 6.45) is 1.55. The van der Waals surface area contributed by atoms with Crippen molar-refractivity contribution in [3.63, 3.8) is 0 Å². The molecule has 0 bridgehead atoms. The van der Waals surface area contributed by atoms with Crippen LogP contribution in [0.4, 0.5) is 0 Å². The molecule has 20 heavy (non-hydrogen) atoms. The van der Waals surface area contributed by atoms with E-state index in [-0.39, 0.29) is 5.91 Å². The Morgan fingerprint density at radius 2 is 2.20 bits per heavy atom. The first kappa shape index (κ1) is 16.8. The van der Waals surface area contributed by atoms with Gasteiger partial charge in [0.1, 0.15) is 12.4 Å². The number of halogens is 1. The van der Waals surface area contributed by atoms with Crippen LogP contribution in [-0.4, -0.2) is 36.5 Å². The molecule has 0 radical (unpaired) electrons. The monoisotopic (exact) mass is 298 g/mol. The van der Waals surface area contributed by atoms with E-state index in [1.165, 1.54) is 0 Å². The molecule has 1 atom stereocenters. The summed E-state index contributed by atoms with van der Waals surface area (Å²) in [6.45, 7) is 4.68. The van der Waals surface area contributed by atoms with Gasteiger partial charge in [-0.05, 0) is 31.5 Å². The molecule has 1 aromatic rings. The molecule has 0 heterocycles. The molecule has 2 N–H and O–H groups in total. The molecule has 0 aliphatic carbocycles. The smallest absolute Gasteiger partial charge is 0.242 e. The SMILES string of the molecule is CCCC(C)(N)C(=O)N(C)CCOc1cccc(Cl)c1. The molecule has 1 amide bonds. The molecular formula is C15H23ClN2O2. The molecule has 0 spiro atoms. The first-order valence-electron chi connectivity index (χ1n) is 6.79. The Labute approximate surface area is 125 Å². The van der Waals surface area contributed by atoms with E-state index in [2.05, 4.69) is 0 Å². The second-order valence-electron chi connectivity index (χ2n) is 5.20. The fraction of sp³-hybridized carbons (Fsp3) is 0.533. The lowest BCUT2D eigenvalue weighted by Crippen LogP contribution is -2.52. The van der Waals surface area contributed by atoms with E-state index in [0.717, 1.165) is 6.42 Å². The van der Waals surface area contributed by atoms with Crippen LogP contribution in [0, 0.1) is 0 Å². The quantitative estimate of drug-likeness (QED) is 0.842. The lowest BCUT2D eigenvalue weighted by atomic mass is 9.96. The lowest BCUT2D eigenvalue weighted by Gasteiger charge is -2.28. The van der Waals surface area contributed by atoms with Gasteiger partial charge >= 0.3 is 0 Å². The molecule has 0 saturated heterocycles. The van der Waals surface area contributed by atoms with Gasteiger partial charge in [-0.25, -0.2) is 0 Å². The van der Waals surface area contributed by atoms with Crippen LogP contribution in [0.3, 0.4) is 0 Å². The van der Waals surface area contributed by atoms with Crippen molar-refractivity contribution in [3.05, 3.63) is 29.3 Å². The molecule has 0 aliphatic rings. The van der Waals surface area contributed by atoms with E-state index >= 15 is 0 Å². The van der Waals surface area contributed by atoms with Crippen LogP contribution in [0.5, 0.6) is 5.75 Å². The average Bonchev–Trinajstić information content (AvgIpc) is 2.37. The van der Waals surface area contributed by atoms with E-state index in [1.54, 1.807) is 31.0 Å². The van der Waals surface area contributed by atoms with Crippen LogP contribution in [-0.2, 0) is 4.79 Å². The molecule has 1 aromatic carbocycles. The summed E-state index contributed by atoms with van der Waals surface area (Å²) >= 11 is 5.87. The first-order valence-corrected chi connectivity index (χ1v) is 7.17. The number of carbonyl (C=O) groups excluding carboxylic acids is 1. The van der Waals surface area contributed by atoms with Crippen molar-refractivity contribution >= 4 is 17.5 Å². The minimum absolute atomic E-state index is 0.0611. The van der Waals surface area contributed by atoms with Crippen LogP contribution >= 0.6 is 11.6 Å². The highest BCUT2D eigenvalue weighted by Crippen LogP contribution is 2.17. The van der Waals surface area contributed by atoms with E-state index in [0.29, 0.717) is 30.3 Å². The Kier molecular flexibility index (Phi) is 6.30. The van der Waals surface area contributed by atoms with Crippen LogP contribution in [0.2, 0.25) is 5.02 Å². The topological polar surface area (TPSA) is 55.6 Å². The lowest BCUT2D eigenvalue weighted by molar-refractivity contribution is -0.135. The minimum atomic E-state index is -0.806. The summed E-state index contributed by atoms with van der Waals surface area (Å²) in [5, 5.41) is 0.629. The van der Waals surface area contributed by atoms with Crippen LogP contribution in [0.25, 0.3) is 0 Å². The third-order valence-electron chi connectivity index (χ3n) is 3.10. The molecule has 5 heteroatoms. The molecule has 4 nitrogen and oxygen atoms in total. The highest BCUT2D eigenvalue weighted by Gasteiger charge is 2.29. The summed E-state index contributed by atoms with van der Waals surface area (Å²) in [7, 11) is 1.74. The van der Waals surface area contributed by atoms with Crippen molar-refractivity contribution in [1.82, 2.24) is 4.90 Å². The number of ether oxygens (including phenoxy) is 1. The molecular weight excluding hydrogens is 276 g/mol. The Bertz CT molecular complexity index is 449. The van der Waals surface area contributed by atoms with Crippen molar-refractivity contribution in [2.24, 2.45) is 5.73 Å². The van der Waals surface area contributed by atoms with Gasteiger partial charge in [0.15, 0.2) is 0 Å². The molecule has 1 unspecified atom stereocenters. The van der Waals surface area contributed by atoms with E-state index in [9.17, 15) is 4.79 Å². The molecule has 0 saturated carbocycles. The van der Waals surface area contributed by atoms with Crippen molar-refractivity contribution in [2.45, 2.75) is 32.2 Å². The van der Waals surface area contributed by atoms with E-state index in [1.807, 2.05) is 19.1 Å². The predicted octanol–water partition coefficient (Wildman–Crippen LogP) is 2.69. The molecule has 0 fully saturated rings. The summed E-state index contributed by atoms with van der Waals surface area (Å²) in [4.78, 5) is 13.8. The number of hydrogen-bond acceptors (Lipinski definition) is 3. The molecule has 0 aliphatic heterocycles. The predicted molar refractivity (Wildman–Crippen MR) is 82.1 cm³/mol. The van der Waals surface area contributed by atoms with E-state index < -0.39 is 5.54 Å². The van der Waals surface area contributed by atoms with Gasteiger partial charge in [0.2, 0.25) is 5.91 Å². The van der Waals surface area contributed by atoms with Crippen molar-refractivity contribution < 1.29 is 9.53 Å². The number of amides is 1. The first-order chi connectivity index (χ1) is 9.36. The minimum Gasteiger partial charge on any atom is -0.492 e. The van der Waals surface area contributed by atoms with Gasteiger partial charge in [0.25, 0.3) is 0 Å². The number of benzene rings is 1. The number of likely N-dealkylation sites (N-methyl/N-ethyl adjacent to an activating group) is 1. The van der Waals surface area contributed by atoms with E-state index in [4.69, 9.17) is 22.1 Å². The maximum absolute atomic E-state index is 12.2. The maximum Gasteiger partial charge on any atom is 0.242 e. The highest BCUT2D eigenvalue weighted by molar-refractivity contribution is 6.30. The zero-order valence-electron chi connectivity index (χ0n) is 12.4. The Morgan fingerprint density at radius 3 is 2.80 bits per heavy atom. The summed E-state index contributed by atoms with van der Waals surface area (Å²) < 4.78 is 5.56. The summed E-state index contributed by atoms with van der Waals surface area (Å²) in [5.74, 6) is 0.636. The molecule has 1 rings (SSSR count). The van der Waals surface area contributed by atoms with Gasteiger partial charge in [-0.1, -0.05) is 31.0 Å². The largest absolute Gasteiger partial charge is 0.492 e. The third kappa shape index (κ3) is 5.02. The molecule has 112 valence electrons. The fourth-order valence-corrected chi connectivity index (χ4v) is 2.20. The molecule has 0 aromatic heterocycles. The number of carbonyl (C=O) groups is 1. The fourth-order valence-electron chi connectivity index (χ4n) is 2.02. The van der Waals surface area contributed by atoms with Gasteiger partial charge in [-0.2, -0.15) is 0 Å². The normalized spacial score (nSPS) is 13.7. The summed E-state index contributed by atoms with van der Waals surface area (Å²) in [6, 6.07) is 7.19. The number of hydrogen-bond donors (Lipinski definition) is 1. The Balaban J connectivity index is 2.43. The average molecular weight is 299 g/mol. The van der Waals surface area contributed by atoms with Gasteiger partial charge in [-0.3, -0.25) is 4.79 Å². The Morgan fingerprint density at radius 1 is 1.50 bits per heavy atom. The third-order valence-corrected chi connectivity index (χ3v) is 3.33. The number of nitrogens with two attached hydrogens (primary N) is 1. The van der Waals surface area contributed by atoms with Gasteiger partial charge in [-0.15, -0.1) is 0 Å². The zero-order chi connectivity index (χ0) is 15.2. The van der Waals surface area contributed by atoms with Crippen LogP contribution in [0.1, 0.15) is 26.7 Å². The van der Waals surface area contributed by atoms with Gasteiger partial charge in [0.05, 0.1) is 12.1 Å². The van der Waals surface area contributed by atoms with Gasteiger partial charge < -0.3 is 15.4 Å². The highest BCUT2D eigenvalue weighted by atomic mass is 35.5. The van der Waals surface area contributed by atoms with Gasteiger partial charge in [0, 0.05) is 12.1 Å². The standard InChI is InChI=1S/C15H23ClN2O2/c1-4-8-15(2,17)14(19)18(3)9-10-20-13-7-5-6-12(16)11-13/h5-7,11H,4,8-10,17H2,1-3H3. The van der Waals surface area contributed by atoms with Crippen LogP contribution < -0.4 is 10.5 Å². The maximum atomic E-state index is 12.2. The summed E-state index contributed by atoms with van der Waals surface area (Å²) in [5.41, 5.74) is 5.22. The van der Waals surface area contributed by atoms with Crippen molar-refractivity contribution in [3.8, 4) is 5.75 Å². The number of nitrogens with zero attached hydrogens (tertiary/aromatic N) is 1.